The molecule has 2 aliphatic rings. The van der Waals surface area contributed by atoms with Crippen molar-refractivity contribution in [3.63, 3.8) is 0 Å². The summed E-state index contributed by atoms with van der Waals surface area (Å²) in [5.74, 6) is 0.542. The quantitative estimate of drug-likeness (QED) is 0.663. The molecule has 0 radical (unpaired) electrons. The molecule has 2 bridgehead atoms. The summed E-state index contributed by atoms with van der Waals surface area (Å²) in [4.78, 5) is 0. The first kappa shape index (κ1) is 8.66. The molecule has 3 nitrogen and oxygen atoms in total. The van der Waals surface area contributed by atoms with E-state index in [1.807, 2.05) is 0 Å². The van der Waals surface area contributed by atoms with Gasteiger partial charge in [0.15, 0.2) is 0 Å². The van der Waals surface area contributed by atoms with E-state index >= 15 is 0 Å². The van der Waals surface area contributed by atoms with Gasteiger partial charge in [-0.1, -0.05) is 18.2 Å². The number of benzene rings is 1. The lowest BCUT2D eigenvalue weighted by Gasteiger charge is -2.30. The molecule has 74 valence electrons. The van der Waals surface area contributed by atoms with E-state index in [0.29, 0.717) is 5.92 Å². The van der Waals surface area contributed by atoms with E-state index in [9.17, 15) is 0 Å². The van der Waals surface area contributed by atoms with E-state index < -0.39 is 8.53 Å². The summed E-state index contributed by atoms with van der Waals surface area (Å²) in [7, 11) is 0.871. The number of para-hydroxylation sites is 1. The second-order valence-corrected chi connectivity index (χ2v) is 5.14. The van der Waals surface area contributed by atoms with E-state index in [4.69, 9.17) is 9.05 Å². The molecule has 0 amide bonds. The van der Waals surface area contributed by atoms with Crippen molar-refractivity contribution >= 4 is 14.2 Å². The third kappa shape index (κ3) is 1.10. The molecule has 1 saturated heterocycles. The second kappa shape index (κ2) is 3.20. The molecule has 0 aromatic heterocycles. The van der Waals surface area contributed by atoms with Crippen molar-refractivity contribution in [2.24, 2.45) is 0 Å². The molecule has 2 aliphatic heterocycles. The number of rotatable bonds is 1. The molecule has 1 aromatic rings. The monoisotopic (exact) mass is 209 g/mol. The number of nitrogens with zero attached hydrogens (tertiary/aromatic N) is 1. The number of anilines is 1. The van der Waals surface area contributed by atoms with Gasteiger partial charge in [-0.3, -0.25) is 0 Å². The zero-order valence-corrected chi connectivity index (χ0v) is 8.91. The van der Waals surface area contributed by atoms with Crippen LogP contribution in [0.1, 0.15) is 11.5 Å². The molecular formula is C10H12NO2P. The third-order valence-corrected chi connectivity index (χ3v) is 4.24. The summed E-state index contributed by atoms with van der Waals surface area (Å²) < 4.78 is 13.3. The van der Waals surface area contributed by atoms with E-state index in [0.717, 1.165) is 13.2 Å². The standard InChI is InChI=1S/C10H12NO2P/c1-12-14-11-6-8(7-13-14)9-4-2-3-5-10(9)11/h2-5,8H,6-7H2,1H3/t8-,14?/m0/s1. The SMILES string of the molecule is COP1OC[C@@H]2CN1c1ccccc12. The van der Waals surface area contributed by atoms with Crippen LogP contribution in [-0.2, 0) is 9.05 Å². The van der Waals surface area contributed by atoms with Crippen LogP contribution in [0.25, 0.3) is 0 Å². The van der Waals surface area contributed by atoms with Gasteiger partial charge in [-0.2, -0.15) is 0 Å². The zero-order chi connectivity index (χ0) is 9.54. The maximum Gasteiger partial charge on any atom is 0.289 e. The largest absolute Gasteiger partial charge is 0.321 e. The molecular weight excluding hydrogens is 197 g/mol. The highest BCUT2D eigenvalue weighted by atomic mass is 31.2. The van der Waals surface area contributed by atoms with Crippen LogP contribution < -0.4 is 4.67 Å². The molecule has 0 spiro atoms. The summed E-state index contributed by atoms with van der Waals surface area (Å²) in [6, 6.07) is 8.51. The summed E-state index contributed by atoms with van der Waals surface area (Å²) in [6.45, 7) is 1.85. The molecule has 3 rings (SSSR count). The minimum atomic E-state index is -0.845. The van der Waals surface area contributed by atoms with E-state index in [2.05, 4.69) is 28.9 Å². The Morgan fingerprint density at radius 3 is 3.21 bits per heavy atom. The summed E-state index contributed by atoms with van der Waals surface area (Å²) in [5.41, 5.74) is 2.71. The fraction of sp³-hybridized carbons (Fsp3) is 0.400. The Morgan fingerprint density at radius 2 is 2.36 bits per heavy atom. The van der Waals surface area contributed by atoms with Gasteiger partial charge < -0.3 is 13.7 Å². The minimum Gasteiger partial charge on any atom is -0.321 e. The fourth-order valence-electron chi connectivity index (χ4n) is 2.15. The van der Waals surface area contributed by atoms with Gasteiger partial charge >= 0.3 is 0 Å². The lowest BCUT2D eigenvalue weighted by atomic mass is 10.0. The third-order valence-electron chi connectivity index (χ3n) is 2.79. The highest BCUT2D eigenvalue weighted by Gasteiger charge is 2.39. The van der Waals surface area contributed by atoms with Crippen LogP contribution in [-0.4, -0.2) is 20.3 Å². The van der Waals surface area contributed by atoms with E-state index in [1.54, 1.807) is 7.11 Å². The van der Waals surface area contributed by atoms with Crippen molar-refractivity contribution in [1.29, 1.82) is 0 Å². The van der Waals surface area contributed by atoms with E-state index in [1.165, 1.54) is 11.3 Å². The predicted octanol–water partition coefficient (Wildman–Crippen LogP) is 2.49. The van der Waals surface area contributed by atoms with Crippen molar-refractivity contribution in [1.82, 2.24) is 0 Å². The molecule has 1 unspecified atom stereocenters. The second-order valence-electron chi connectivity index (χ2n) is 3.55. The van der Waals surface area contributed by atoms with Gasteiger partial charge in [-0.05, 0) is 11.6 Å². The maximum absolute atomic E-state index is 5.67. The number of hydrogen-bond donors (Lipinski definition) is 0. The molecule has 0 N–H and O–H groups in total. The van der Waals surface area contributed by atoms with Gasteiger partial charge in [0, 0.05) is 25.3 Å². The minimum absolute atomic E-state index is 0.542. The average Bonchev–Trinajstić information content (AvgIpc) is 2.55. The van der Waals surface area contributed by atoms with Gasteiger partial charge in [-0.15, -0.1) is 0 Å². The Kier molecular flexibility index (Phi) is 1.98. The van der Waals surface area contributed by atoms with Crippen molar-refractivity contribution in [3.8, 4) is 0 Å². The molecule has 2 heterocycles. The fourth-order valence-corrected chi connectivity index (χ4v) is 3.58. The molecule has 0 aliphatic carbocycles. The van der Waals surface area contributed by atoms with Crippen molar-refractivity contribution in [2.75, 3.05) is 24.9 Å². The first-order valence-corrected chi connectivity index (χ1v) is 5.86. The van der Waals surface area contributed by atoms with E-state index in [-0.39, 0.29) is 0 Å². The number of hydrogen-bond acceptors (Lipinski definition) is 3. The van der Waals surface area contributed by atoms with Gasteiger partial charge in [0.05, 0.1) is 6.61 Å². The first-order valence-electron chi connectivity index (χ1n) is 4.73. The van der Waals surface area contributed by atoms with Crippen LogP contribution in [0.5, 0.6) is 0 Å². The smallest absolute Gasteiger partial charge is 0.289 e. The summed E-state index contributed by atoms with van der Waals surface area (Å²) in [5, 5.41) is 0. The normalized spacial score (nSPS) is 29.1. The highest BCUT2D eigenvalue weighted by molar-refractivity contribution is 7.49. The van der Waals surface area contributed by atoms with Crippen molar-refractivity contribution in [2.45, 2.75) is 5.92 Å². The summed E-state index contributed by atoms with van der Waals surface area (Å²) >= 11 is 0. The number of fused-ring (bicyclic) bond motifs is 5. The van der Waals surface area contributed by atoms with Gasteiger partial charge in [-0.25, -0.2) is 0 Å². The average molecular weight is 209 g/mol. The molecule has 2 atom stereocenters. The van der Waals surface area contributed by atoms with Gasteiger partial charge in [0.25, 0.3) is 8.53 Å². The topological polar surface area (TPSA) is 21.7 Å². The van der Waals surface area contributed by atoms with Crippen LogP contribution in [0.3, 0.4) is 0 Å². The van der Waals surface area contributed by atoms with Crippen LogP contribution in [0.2, 0.25) is 0 Å². The zero-order valence-electron chi connectivity index (χ0n) is 8.01. The maximum atomic E-state index is 5.67. The van der Waals surface area contributed by atoms with Crippen LogP contribution in [0.4, 0.5) is 5.69 Å². The van der Waals surface area contributed by atoms with Gasteiger partial charge in [0.2, 0.25) is 0 Å². The molecule has 4 heteroatoms. The lowest BCUT2D eigenvalue weighted by molar-refractivity contribution is 0.250. The van der Waals surface area contributed by atoms with Crippen LogP contribution in [0.15, 0.2) is 24.3 Å². The molecule has 14 heavy (non-hydrogen) atoms. The summed E-state index contributed by atoms with van der Waals surface area (Å²) in [6.07, 6.45) is 0. The molecule has 1 aromatic carbocycles. The van der Waals surface area contributed by atoms with Crippen molar-refractivity contribution in [3.05, 3.63) is 29.8 Å². The van der Waals surface area contributed by atoms with Crippen LogP contribution in [0, 0.1) is 0 Å². The highest BCUT2D eigenvalue weighted by Crippen LogP contribution is 2.56. The Morgan fingerprint density at radius 1 is 1.50 bits per heavy atom. The van der Waals surface area contributed by atoms with Crippen LogP contribution >= 0.6 is 8.53 Å². The molecule has 1 fully saturated rings. The Balaban J connectivity index is 2.05. The van der Waals surface area contributed by atoms with Crippen molar-refractivity contribution < 1.29 is 9.05 Å². The Hall–Kier alpha value is -0.630. The lowest BCUT2D eigenvalue weighted by Crippen LogP contribution is -2.25. The first-order chi connectivity index (χ1) is 6.90. The Bertz CT molecular complexity index is 358. The molecule has 0 saturated carbocycles. The van der Waals surface area contributed by atoms with Gasteiger partial charge in [0.1, 0.15) is 0 Å². The Labute approximate surface area is 84.6 Å². The predicted molar refractivity (Wildman–Crippen MR) is 56.4 cm³/mol.